The van der Waals surface area contributed by atoms with E-state index in [9.17, 15) is 4.79 Å². The predicted octanol–water partition coefficient (Wildman–Crippen LogP) is 4.35. The van der Waals surface area contributed by atoms with Crippen LogP contribution in [0.2, 0.25) is 5.02 Å². The lowest BCUT2D eigenvalue weighted by Gasteiger charge is -2.12. The second-order valence-corrected chi connectivity index (χ2v) is 7.63. The zero-order valence-electron chi connectivity index (χ0n) is 15.0. The van der Waals surface area contributed by atoms with E-state index in [2.05, 4.69) is 27.0 Å². The molecule has 1 aromatic heterocycles. The standard InChI is InChI=1S/C18H23ClN4O2S/c1-3-23-17(12-6-4-5-7-12)21-22-18(23)26-11-16(24)20-14-10-13(19)8-9-15(14)25-2/h8-10,12H,3-7,11H2,1-2H3,(H,20,24). The van der Waals surface area contributed by atoms with Gasteiger partial charge in [0.25, 0.3) is 0 Å². The molecule has 1 saturated carbocycles. The molecule has 1 amide bonds. The Balaban J connectivity index is 1.64. The molecule has 8 heteroatoms. The van der Waals surface area contributed by atoms with Crippen molar-refractivity contribution in [3.05, 3.63) is 29.0 Å². The molecule has 0 spiro atoms. The highest BCUT2D eigenvalue weighted by molar-refractivity contribution is 7.99. The van der Waals surface area contributed by atoms with Crippen LogP contribution in [0.25, 0.3) is 0 Å². The van der Waals surface area contributed by atoms with Crippen molar-refractivity contribution in [2.45, 2.75) is 50.2 Å². The highest BCUT2D eigenvalue weighted by atomic mass is 35.5. The molecule has 26 heavy (non-hydrogen) atoms. The smallest absolute Gasteiger partial charge is 0.234 e. The van der Waals surface area contributed by atoms with Crippen LogP contribution in [0.1, 0.15) is 44.3 Å². The number of halogens is 1. The minimum Gasteiger partial charge on any atom is -0.495 e. The largest absolute Gasteiger partial charge is 0.495 e. The van der Waals surface area contributed by atoms with Crippen molar-refractivity contribution in [3.63, 3.8) is 0 Å². The fraction of sp³-hybridized carbons (Fsp3) is 0.500. The summed E-state index contributed by atoms with van der Waals surface area (Å²) in [6.45, 7) is 2.90. The van der Waals surface area contributed by atoms with Crippen molar-refractivity contribution >= 4 is 35.0 Å². The van der Waals surface area contributed by atoms with E-state index in [0.29, 0.717) is 22.4 Å². The van der Waals surface area contributed by atoms with Crippen LogP contribution >= 0.6 is 23.4 Å². The Labute approximate surface area is 162 Å². The molecule has 2 aromatic rings. The number of methoxy groups -OCH3 is 1. The first-order valence-corrected chi connectivity index (χ1v) is 10.2. The Morgan fingerprint density at radius 1 is 1.38 bits per heavy atom. The summed E-state index contributed by atoms with van der Waals surface area (Å²) < 4.78 is 7.39. The lowest BCUT2D eigenvalue weighted by Crippen LogP contribution is -2.15. The number of nitrogens with zero attached hydrogens (tertiary/aromatic N) is 3. The van der Waals surface area contributed by atoms with Crippen LogP contribution in [0.5, 0.6) is 5.75 Å². The van der Waals surface area contributed by atoms with Gasteiger partial charge in [0.05, 0.1) is 18.6 Å². The van der Waals surface area contributed by atoms with Gasteiger partial charge in [-0.05, 0) is 38.0 Å². The summed E-state index contributed by atoms with van der Waals surface area (Å²) >= 11 is 7.40. The number of rotatable bonds is 7. The Morgan fingerprint density at radius 2 is 2.15 bits per heavy atom. The van der Waals surface area contributed by atoms with Gasteiger partial charge in [-0.25, -0.2) is 0 Å². The normalized spacial score (nSPS) is 14.6. The maximum absolute atomic E-state index is 12.3. The highest BCUT2D eigenvalue weighted by Gasteiger charge is 2.24. The van der Waals surface area contributed by atoms with Gasteiger partial charge in [0.1, 0.15) is 11.6 Å². The fourth-order valence-electron chi connectivity index (χ4n) is 3.28. The maximum Gasteiger partial charge on any atom is 0.234 e. The van der Waals surface area contributed by atoms with Gasteiger partial charge in [0.15, 0.2) is 5.16 Å². The Hall–Kier alpha value is -1.73. The van der Waals surface area contributed by atoms with Crippen LogP contribution in [0.3, 0.4) is 0 Å². The summed E-state index contributed by atoms with van der Waals surface area (Å²) in [6.07, 6.45) is 4.87. The number of thioether (sulfide) groups is 1. The van der Waals surface area contributed by atoms with Gasteiger partial charge >= 0.3 is 0 Å². The van der Waals surface area contributed by atoms with Crippen LogP contribution in [-0.2, 0) is 11.3 Å². The maximum atomic E-state index is 12.3. The minimum absolute atomic E-state index is 0.136. The van der Waals surface area contributed by atoms with E-state index in [1.165, 1.54) is 37.4 Å². The Kier molecular flexibility index (Phi) is 6.43. The van der Waals surface area contributed by atoms with E-state index in [-0.39, 0.29) is 11.7 Å². The van der Waals surface area contributed by atoms with Crippen molar-refractivity contribution in [1.29, 1.82) is 0 Å². The van der Waals surface area contributed by atoms with E-state index in [0.717, 1.165) is 17.5 Å². The van der Waals surface area contributed by atoms with Crippen LogP contribution in [0.4, 0.5) is 5.69 Å². The van der Waals surface area contributed by atoms with Gasteiger partial charge in [-0.3, -0.25) is 4.79 Å². The Bertz CT molecular complexity index is 775. The molecule has 1 aliphatic rings. The minimum atomic E-state index is -0.136. The fourth-order valence-corrected chi connectivity index (χ4v) is 4.27. The van der Waals surface area contributed by atoms with Crippen LogP contribution < -0.4 is 10.1 Å². The van der Waals surface area contributed by atoms with E-state index in [1.807, 2.05) is 0 Å². The van der Waals surface area contributed by atoms with Gasteiger partial charge in [-0.1, -0.05) is 36.2 Å². The first-order valence-electron chi connectivity index (χ1n) is 8.81. The zero-order chi connectivity index (χ0) is 18.5. The second-order valence-electron chi connectivity index (χ2n) is 6.25. The molecule has 0 atom stereocenters. The first-order chi connectivity index (χ1) is 12.6. The zero-order valence-corrected chi connectivity index (χ0v) is 16.6. The van der Waals surface area contributed by atoms with E-state index in [4.69, 9.17) is 16.3 Å². The summed E-state index contributed by atoms with van der Waals surface area (Å²) in [6, 6.07) is 5.13. The topological polar surface area (TPSA) is 69.0 Å². The number of amides is 1. The summed E-state index contributed by atoms with van der Waals surface area (Å²) in [5.41, 5.74) is 0.564. The summed E-state index contributed by atoms with van der Waals surface area (Å²) in [5, 5.41) is 12.9. The van der Waals surface area contributed by atoms with Crippen molar-refractivity contribution in [1.82, 2.24) is 14.8 Å². The number of hydrogen-bond donors (Lipinski definition) is 1. The van der Waals surface area contributed by atoms with Crippen LogP contribution in [0.15, 0.2) is 23.4 Å². The van der Waals surface area contributed by atoms with Crippen LogP contribution in [-0.4, -0.2) is 33.5 Å². The first kappa shape index (κ1) is 19.0. The molecule has 1 fully saturated rings. The molecule has 0 saturated heterocycles. The van der Waals surface area contributed by atoms with E-state index >= 15 is 0 Å². The number of benzene rings is 1. The third-order valence-electron chi connectivity index (χ3n) is 4.55. The molecule has 3 rings (SSSR count). The lowest BCUT2D eigenvalue weighted by molar-refractivity contribution is -0.113. The van der Waals surface area contributed by atoms with Crippen molar-refractivity contribution < 1.29 is 9.53 Å². The number of aromatic nitrogens is 3. The number of ether oxygens (including phenoxy) is 1. The summed E-state index contributed by atoms with van der Waals surface area (Å²) in [5.74, 6) is 2.25. The van der Waals surface area contributed by atoms with Gasteiger partial charge in [0, 0.05) is 17.5 Å². The average Bonchev–Trinajstić information content (AvgIpc) is 3.29. The molecule has 0 bridgehead atoms. The third-order valence-corrected chi connectivity index (χ3v) is 5.75. The Morgan fingerprint density at radius 3 is 2.85 bits per heavy atom. The summed E-state index contributed by atoms with van der Waals surface area (Å²) in [4.78, 5) is 12.3. The molecular formula is C18H23ClN4O2S. The van der Waals surface area contributed by atoms with E-state index < -0.39 is 0 Å². The van der Waals surface area contributed by atoms with E-state index in [1.54, 1.807) is 25.3 Å². The average molecular weight is 395 g/mol. The molecule has 0 radical (unpaired) electrons. The van der Waals surface area contributed by atoms with Gasteiger partial charge in [0.2, 0.25) is 5.91 Å². The second kappa shape index (κ2) is 8.77. The highest BCUT2D eigenvalue weighted by Crippen LogP contribution is 2.34. The molecule has 0 unspecified atom stereocenters. The quantitative estimate of drug-likeness (QED) is 0.707. The molecule has 1 N–H and O–H groups in total. The van der Waals surface area contributed by atoms with Gasteiger partial charge < -0.3 is 14.6 Å². The molecule has 0 aliphatic heterocycles. The van der Waals surface area contributed by atoms with Gasteiger partial charge in [-0.15, -0.1) is 10.2 Å². The molecule has 1 aromatic carbocycles. The number of carbonyl (C=O) groups is 1. The van der Waals surface area contributed by atoms with Crippen molar-refractivity contribution in [2.75, 3.05) is 18.2 Å². The number of anilines is 1. The molecule has 6 nitrogen and oxygen atoms in total. The monoisotopic (exact) mass is 394 g/mol. The van der Waals surface area contributed by atoms with Crippen molar-refractivity contribution in [2.24, 2.45) is 0 Å². The lowest BCUT2D eigenvalue weighted by atomic mass is 10.1. The third kappa shape index (κ3) is 4.32. The SMILES string of the molecule is CCn1c(SCC(=O)Nc2cc(Cl)ccc2OC)nnc1C1CCCC1. The molecular weight excluding hydrogens is 372 g/mol. The molecule has 1 heterocycles. The molecule has 1 aliphatic carbocycles. The molecule has 140 valence electrons. The van der Waals surface area contributed by atoms with Crippen LogP contribution in [0, 0.1) is 0 Å². The number of nitrogens with one attached hydrogen (secondary N) is 1. The van der Waals surface area contributed by atoms with Crippen molar-refractivity contribution in [3.8, 4) is 5.75 Å². The number of hydrogen-bond acceptors (Lipinski definition) is 5. The number of carbonyl (C=O) groups excluding carboxylic acids is 1. The predicted molar refractivity (Wildman–Crippen MR) is 104 cm³/mol. The van der Waals surface area contributed by atoms with Gasteiger partial charge in [-0.2, -0.15) is 0 Å². The summed E-state index contributed by atoms with van der Waals surface area (Å²) in [7, 11) is 1.56.